The van der Waals surface area contributed by atoms with E-state index in [0.717, 1.165) is 11.1 Å². The summed E-state index contributed by atoms with van der Waals surface area (Å²) in [5.74, 6) is -0.660. The van der Waals surface area contributed by atoms with Crippen LogP contribution in [0.1, 0.15) is 30.0 Å². The highest BCUT2D eigenvalue weighted by Gasteiger charge is 2.25. The topological polar surface area (TPSA) is 49.4 Å². The van der Waals surface area contributed by atoms with Gasteiger partial charge >= 0.3 is 0 Å². The van der Waals surface area contributed by atoms with Crippen molar-refractivity contribution in [3.05, 3.63) is 71.0 Å². The van der Waals surface area contributed by atoms with Gasteiger partial charge in [-0.05, 0) is 43.5 Å². The van der Waals surface area contributed by atoms with Crippen molar-refractivity contribution in [1.82, 2.24) is 10.2 Å². The van der Waals surface area contributed by atoms with Crippen molar-refractivity contribution >= 4 is 11.8 Å². The maximum atomic E-state index is 13.1. The van der Waals surface area contributed by atoms with Crippen molar-refractivity contribution in [3.8, 4) is 0 Å². The first-order valence-electron chi connectivity index (χ1n) is 8.71. The molecule has 0 saturated carbocycles. The molecule has 26 heavy (non-hydrogen) atoms. The third kappa shape index (κ3) is 5.41. The highest BCUT2D eigenvalue weighted by Crippen LogP contribution is 2.14. The molecular weight excluding hydrogens is 331 g/mol. The van der Waals surface area contributed by atoms with E-state index in [-0.39, 0.29) is 24.2 Å². The molecule has 5 heteroatoms. The van der Waals surface area contributed by atoms with Gasteiger partial charge in [0.15, 0.2) is 0 Å². The van der Waals surface area contributed by atoms with Gasteiger partial charge in [0, 0.05) is 20.0 Å². The third-order valence-electron chi connectivity index (χ3n) is 4.43. The smallest absolute Gasteiger partial charge is 0.242 e. The van der Waals surface area contributed by atoms with Gasteiger partial charge in [0.2, 0.25) is 11.8 Å². The number of nitrogens with zero attached hydrogens (tertiary/aromatic N) is 1. The molecule has 138 valence electrons. The van der Waals surface area contributed by atoms with Gasteiger partial charge in [-0.3, -0.25) is 9.59 Å². The minimum absolute atomic E-state index is 0.106. The van der Waals surface area contributed by atoms with E-state index in [4.69, 9.17) is 0 Å². The lowest BCUT2D eigenvalue weighted by Crippen LogP contribution is -2.46. The lowest BCUT2D eigenvalue weighted by Gasteiger charge is -2.28. The molecule has 0 saturated heterocycles. The maximum absolute atomic E-state index is 13.1. The molecule has 1 atom stereocenters. The quantitative estimate of drug-likeness (QED) is 0.828. The van der Waals surface area contributed by atoms with E-state index in [0.29, 0.717) is 12.8 Å². The Morgan fingerprint density at radius 1 is 1.04 bits per heavy atom. The molecular formula is C21H25FN2O2. The molecule has 0 radical (unpaired) electrons. The Kier molecular flexibility index (Phi) is 6.89. The second-order valence-electron chi connectivity index (χ2n) is 6.42. The average Bonchev–Trinajstić information content (AvgIpc) is 2.65. The van der Waals surface area contributed by atoms with Crippen molar-refractivity contribution in [2.45, 2.75) is 39.3 Å². The first-order chi connectivity index (χ1) is 12.4. The van der Waals surface area contributed by atoms with Crippen LogP contribution in [0.4, 0.5) is 4.39 Å². The summed E-state index contributed by atoms with van der Waals surface area (Å²) in [5.41, 5.74) is 3.04. The Bertz CT molecular complexity index is 742. The predicted molar refractivity (Wildman–Crippen MR) is 100.0 cm³/mol. The van der Waals surface area contributed by atoms with Gasteiger partial charge in [0.05, 0.1) is 0 Å². The van der Waals surface area contributed by atoms with E-state index in [9.17, 15) is 14.0 Å². The highest BCUT2D eigenvalue weighted by molar-refractivity contribution is 5.87. The Labute approximate surface area is 154 Å². The summed E-state index contributed by atoms with van der Waals surface area (Å²) in [6.45, 7) is 3.98. The Balaban J connectivity index is 2.10. The molecule has 1 unspecified atom stereocenters. The molecule has 0 heterocycles. The zero-order valence-electron chi connectivity index (χ0n) is 15.5. The summed E-state index contributed by atoms with van der Waals surface area (Å²) < 4.78 is 13.1. The second-order valence-corrected chi connectivity index (χ2v) is 6.42. The van der Waals surface area contributed by atoms with Crippen LogP contribution in [0.5, 0.6) is 0 Å². The Hall–Kier alpha value is -2.69. The van der Waals surface area contributed by atoms with Crippen LogP contribution < -0.4 is 5.32 Å². The summed E-state index contributed by atoms with van der Waals surface area (Å²) in [6.07, 6.45) is 0.922. The number of aryl methyl sites for hydroxylation is 2. The molecule has 0 aliphatic carbocycles. The van der Waals surface area contributed by atoms with E-state index >= 15 is 0 Å². The lowest BCUT2D eigenvalue weighted by molar-refractivity contribution is -0.140. The van der Waals surface area contributed by atoms with Gasteiger partial charge in [-0.2, -0.15) is 0 Å². The van der Waals surface area contributed by atoms with E-state index in [2.05, 4.69) is 5.32 Å². The van der Waals surface area contributed by atoms with E-state index in [1.165, 1.54) is 17.7 Å². The molecule has 0 bridgehead atoms. The maximum Gasteiger partial charge on any atom is 0.242 e. The van der Waals surface area contributed by atoms with E-state index < -0.39 is 6.04 Å². The first-order valence-corrected chi connectivity index (χ1v) is 8.71. The summed E-state index contributed by atoms with van der Waals surface area (Å²) in [4.78, 5) is 26.4. The summed E-state index contributed by atoms with van der Waals surface area (Å²) in [6, 6.07) is 13.4. The van der Waals surface area contributed by atoms with E-state index in [1.807, 2.05) is 31.2 Å². The number of hydrogen-bond donors (Lipinski definition) is 1. The minimum atomic E-state index is -0.601. The SMILES string of the molecule is CNC(=O)C(C)N(Cc1ccc(F)cc1)C(=O)CCc1ccc(C)cc1. The largest absolute Gasteiger partial charge is 0.357 e. The molecule has 2 aromatic carbocycles. The zero-order valence-corrected chi connectivity index (χ0v) is 15.5. The predicted octanol–water partition coefficient (Wildman–Crippen LogP) is 3.23. The van der Waals surface area contributed by atoms with Crippen molar-refractivity contribution in [2.24, 2.45) is 0 Å². The van der Waals surface area contributed by atoms with Crippen LogP contribution in [0.25, 0.3) is 0 Å². The van der Waals surface area contributed by atoms with Crippen LogP contribution in [0.15, 0.2) is 48.5 Å². The molecule has 2 aromatic rings. The number of amides is 2. The molecule has 0 aromatic heterocycles. The molecule has 0 fully saturated rings. The lowest BCUT2D eigenvalue weighted by atomic mass is 10.1. The first kappa shape index (κ1) is 19.6. The number of carbonyl (C=O) groups is 2. The van der Waals surface area contributed by atoms with Gasteiger partial charge in [-0.1, -0.05) is 42.0 Å². The molecule has 1 N–H and O–H groups in total. The van der Waals surface area contributed by atoms with Crippen molar-refractivity contribution in [2.75, 3.05) is 7.05 Å². The van der Waals surface area contributed by atoms with Crippen LogP contribution in [-0.2, 0) is 22.6 Å². The second kappa shape index (κ2) is 9.13. The van der Waals surface area contributed by atoms with Gasteiger partial charge in [-0.25, -0.2) is 4.39 Å². The molecule has 2 rings (SSSR count). The monoisotopic (exact) mass is 356 g/mol. The molecule has 0 aliphatic rings. The van der Waals surface area contributed by atoms with Crippen LogP contribution in [0.3, 0.4) is 0 Å². The highest BCUT2D eigenvalue weighted by atomic mass is 19.1. The number of benzene rings is 2. The van der Waals surface area contributed by atoms with Gasteiger partial charge in [-0.15, -0.1) is 0 Å². The minimum Gasteiger partial charge on any atom is -0.357 e. The van der Waals surface area contributed by atoms with Crippen molar-refractivity contribution < 1.29 is 14.0 Å². The summed E-state index contributed by atoms with van der Waals surface area (Å²) >= 11 is 0. The Morgan fingerprint density at radius 3 is 2.19 bits per heavy atom. The van der Waals surface area contributed by atoms with Gasteiger partial charge in [0.1, 0.15) is 11.9 Å². The number of nitrogens with one attached hydrogen (secondary N) is 1. The van der Waals surface area contributed by atoms with Crippen LogP contribution in [0, 0.1) is 12.7 Å². The number of likely N-dealkylation sites (N-methyl/N-ethyl adjacent to an activating group) is 1. The fourth-order valence-electron chi connectivity index (χ4n) is 2.73. The number of hydrogen-bond acceptors (Lipinski definition) is 2. The fraction of sp³-hybridized carbons (Fsp3) is 0.333. The van der Waals surface area contributed by atoms with Crippen LogP contribution in [-0.4, -0.2) is 29.8 Å². The molecule has 4 nitrogen and oxygen atoms in total. The van der Waals surface area contributed by atoms with Gasteiger partial charge in [0.25, 0.3) is 0 Å². The fourth-order valence-corrected chi connectivity index (χ4v) is 2.73. The standard InChI is InChI=1S/C21H25FN2O2/c1-15-4-6-17(7-5-15)10-13-20(25)24(16(2)21(26)23-3)14-18-8-11-19(22)12-9-18/h4-9,11-12,16H,10,13-14H2,1-3H3,(H,23,26). The van der Waals surface area contributed by atoms with Crippen LogP contribution in [0.2, 0.25) is 0 Å². The average molecular weight is 356 g/mol. The van der Waals surface area contributed by atoms with E-state index in [1.54, 1.807) is 31.0 Å². The molecule has 0 aliphatic heterocycles. The summed E-state index contributed by atoms with van der Waals surface area (Å²) in [7, 11) is 1.55. The Morgan fingerprint density at radius 2 is 1.62 bits per heavy atom. The normalized spacial score (nSPS) is 11.7. The molecule has 2 amide bonds. The zero-order chi connectivity index (χ0) is 19.1. The summed E-state index contributed by atoms with van der Waals surface area (Å²) in [5, 5.41) is 2.58. The third-order valence-corrected chi connectivity index (χ3v) is 4.43. The number of halogens is 1. The van der Waals surface area contributed by atoms with Crippen molar-refractivity contribution in [3.63, 3.8) is 0 Å². The number of carbonyl (C=O) groups excluding carboxylic acids is 2. The van der Waals surface area contributed by atoms with Crippen molar-refractivity contribution in [1.29, 1.82) is 0 Å². The molecule has 0 spiro atoms. The van der Waals surface area contributed by atoms with Crippen LogP contribution >= 0.6 is 0 Å². The number of rotatable bonds is 7. The van der Waals surface area contributed by atoms with Gasteiger partial charge < -0.3 is 10.2 Å².